The van der Waals surface area contributed by atoms with Crippen molar-refractivity contribution in [3.05, 3.63) is 72.1 Å². The second-order valence-electron chi connectivity index (χ2n) is 17.7. The van der Waals surface area contributed by atoms with Gasteiger partial charge in [-0.2, -0.15) is 0 Å². The molecule has 6 fully saturated rings. The molecule has 3 atom stereocenters. The number of amides is 1. The number of halogens is 1. The highest BCUT2D eigenvalue weighted by molar-refractivity contribution is 7.92. The average molecular weight is 790 g/mol. The minimum atomic E-state index is -3.53. The maximum Gasteiger partial charge on any atom is 0.305 e. The SMILES string of the molecule is C=C(CN1CCC1)C(=O)N1CC(S(=O)(=O)c2ccc(N3CC(CN4CCC([C@@](CN5CCC5)(c5cccc(F)c5)[C@H]5CCC[C@@H]5CC(=O)OC)CC4)C3)cc2)C1. The molecule has 5 aliphatic heterocycles. The molecule has 0 bridgehead atoms. The Morgan fingerprint density at radius 3 is 2.18 bits per heavy atom. The molecule has 2 aromatic carbocycles. The van der Waals surface area contributed by atoms with Gasteiger partial charge in [0.05, 0.1) is 12.0 Å². The van der Waals surface area contributed by atoms with Crippen molar-refractivity contribution in [3.63, 3.8) is 0 Å². The number of carbonyl (C=O) groups excluding carboxylic acids is 2. The van der Waals surface area contributed by atoms with Crippen LogP contribution in [0.2, 0.25) is 0 Å². The lowest BCUT2D eigenvalue weighted by molar-refractivity contribution is -0.142. The number of hydrogen-bond donors (Lipinski definition) is 0. The first-order chi connectivity index (χ1) is 27.0. The number of likely N-dealkylation sites (tertiary alicyclic amines) is 4. The fraction of sp³-hybridized carbons (Fsp3) is 0.636. The summed E-state index contributed by atoms with van der Waals surface area (Å²) in [5.41, 5.74) is 2.47. The Morgan fingerprint density at radius 1 is 0.857 bits per heavy atom. The van der Waals surface area contributed by atoms with Gasteiger partial charge in [0.25, 0.3) is 5.91 Å². The van der Waals surface area contributed by atoms with Gasteiger partial charge in [0.1, 0.15) is 11.1 Å². The highest BCUT2D eigenvalue weighted by atomic mass is 32.2. The topological polar surface area (TPSA) is 93.7 Å². The smallest absolute Gasteiger partial charge is 0.305 e. The van der Waals surface area contributed by atoms with Crippen LogP contribution >= 0.6 is 0 Å². The van der Waals surface area contributed by atoms with Crippen LogP contribution in [-0.2, 0) is 29.6 Å². The Kier molecular flexibility index (Phi) is 11.6. The van der Waals surface area contributed by atoms with Crippen molar-refractivity contribution in [1.82, 2.24) is 19.6 Å². The summed E-state index contributed by atoms with van der Waals surface area (Å²) in [5, 5.41) is -0.583. The number of ether oxygens (including phenoxy) is 1. The fourth-order valence-electron chi connectivity index (χ4n) is 10.9. The minimum Gasteiger partial charge on any atom is -0.469 e. The second-order valence-corrected chi connectivity index (χ2v) is 19.9. The average Bonchev–Trinajstić information content (AvgIpc) is 3.58. The van der Waals surface area contributed by atoms with E-state index in [0.29, 0.717) is 41.2 Å². The predicted octanol–water partition coefficient (Wildman–Crippen LogP) is 4.84. The molecule has 304 valence electrons. The molecule has 5 saturated heterocycles. The Bertz CT molecular complexity index is 1850. The molecule has 1 aliphatic carbocycles. The van der Waals surface area contributed by atoms with Gasteiger partial charge >= 0.3 is 5.97 Å². The van der Waals surface area contributed by atoms with E-state index in [0.717, 1.165) is 115 Å². The van der Waals surface area contributed by atoms with Gasteiger partial charge in [-0.25, -0.2) is 12.8 Å². The molecule has 0 unspecified atom stereocenters. The van der Waals surface area contributed by atoms with E-state index in [4.69, 9.17) is 4.74 Å². The standard InChI is InChI=1S/C44H60FN5O5S/c1-32(25-46-17-5-18-46)43(52)50-29-40(30-50)56(53,54)39-13-11-38(12-14-39)49-27-33(28-49)26-47-21-15-35(16-22-47)44(31-48-19-6-20-48,36-8-4-9-37(45)24-36)41-10-3-7-34(41)23-42(51)55-2/h4,8-9,11-14,24,33-35,40-41H,1,3,5-7,10,15-23,25-31H2,2H3/t34-,41+,44+/m1/s1. The monoisotopic (exact) mass is 789 g/mol. The van der Waals surface area contributed by atoms with Gasteiger partial charge in [-0.05, 0) is 138 Å². The molecule has 10 nitrogen and oxygen atoms in total. The van der Waals surface area contributed by atoms with E-state index in [2.05, 4.69) is 32.2 Å². The lowest BCUT2D eigenvalue weighted by atomic mass is 9.56. The first-order valence-electron chi connectivity index (χ1n) is 21.1. The van der Waals surface area contributed by atoms with E-state index in [9.17, 15) is 18.0 Å². The second kappa shape index (κ2) is 16.5. The molecular weight excluding hydrogens is 730 g/mol. The van der Waals surface area contributed by atoms with Gasteiger partial charge in [-0.3, -0.25) is 14.5 Å². The van der Waals surface area contributed by atoms with Crippen LogP contribution in [0.15, 0.2) is 65.6 Å². The number of hydrogen-bond acceptors (Lipinski definition) is 9. The van der Waals surface area contributed by atoms with Gasteiger partial charge < -0.3 is 24.3 Å². The third kappa shape index (κ3) is 7.92. The fourth-order valence-corrected chi connectivity index (χ4v) is 12.5. The molecule has 0 spiro atoms. The molecule has 1 saturated carbocycles. The molecule has 5 heterocycles. The molecule has 0 radical (unpaired) electrons. The minimum absolute atomic E-state index is 0.135. The summed E-state index contributed by atoms with van der Waals surface area (Å²) in [6, 6.07) is 14.7. The van der Waals surface area contributed by atoms with Gasteiger partial charge in [0.15, 0.2) is 9.84 Å². The van der Waals surface area contributed by atoms with Crippen LogP contribution in [0.3, 0.4) is 0 Å². The first kappa shape index (κ1) is 39.5. The Morgan fingerprint density at radius 2 is 1.55 bits per heavy atom. The van der Waals surface area contributed by atoms with E-state index < -0.39 is 15.1 Å². The number of piperidine rings is 1. The van der Waals surface area contributed by atoms with E-state index >= 15 is 4.39 Å². The molecule has 8 rings (SSSR count). The van der Waals surface area contributed by atoms with Crippen LogP contribution in [0.25, 0.3) is 0 Å². The van der Waals surface area contributed by atoms with E-state index in [-0.39, 0.29) is 42.1 Å². The Labute approximate surface area is 332 Å². The number of benzene rings is 2. The number of sulfone groups is 1. The van der Waals surface area contributed by atoms with Gasteiger partial charge in [-0.15, -0.1) is 0 Å². The summed E-state index contributed by atoms with van der Waals surface area (Å²) >= 11 is 0. The largest absolute Gasteiger partial charge is 0.469 e. The van der Waals surface area contributed by atoms with Crippen LogP contribution in [0.4, 0.5) is 10.1 Å². The summed E-state index contributed by atoms with van der Waals surface area (Å²) in [5.74, 6) is 1.03. The molecular formula is C44H60FN5O5S. The third-order valence-corrected chi connectivity index (χ3v) is 16.4. The third-order valence-electron chi connectivity index (χ3n) is 14.3. The van der Waals surface area contributed by atoms with Gasteiger partial charge in [0.2, 0.25) is 0 Å². The molecule has 12 heteroatoms. The summed E-state index contributed by atoms with van der Waals surface area (Å²) in [6.07, 6.45) is 8.07. The molecule has 2 aromatic rings. The van der Waals surface area contributed by atoms with E-state index in [1.807, 2.05) is 18.2 Å². The van der Waals surface area contributed by atoms with Gasteiger partial charge in [-0.1, -0.05) is 25.1 Å². The number of esters is 1. The predicted molar refractivity (Wildman–Crippen MR) is 216 cm³/mol. The molecule has 0 aromatic heterocycles. The zero-order valence-corrected chi connectivity index (χ0v) is 33.9. The maximum absolute atomic E-state index is 15.0. The Balaban J connectivity index is 0.858. The highest BCUT2D eigenvalue weighted by Crippen LogP contribution is 2.54. The first-order valence-corrected chi connectivity index (χ1v) is 22.6. The van der Waals surface area contributed by atoms with Crippen LogP contribution < -0.4 is 4.90 Å². The Hall–Kier alpha value is -3.32. The van der Waals surface area contributed by atoms with Crippen LogP contribution in [-0.4, -0.2) is 137 Å². The number of rotatable bonds is 15. The van der Waals surface area contributed by atoms with Gasteiger partial charge in [0, 0.05) is 74.8 Å². The highest BCUT2D eigenvalue weighted by Gasteiger charge is 2.53. The molecule has 6 aliphatic rings. The summed E-state index contributed by atoms with van der Waals surface area (Å²) in [6.45, 7) is 14.9. The number of carbonyl (C=O) groups is 2. The van der Waals surface area contributed by atoms with Crippen molar-refractivity contribution in [1.29, 1.82) is 0 Å². The number of methoxy groups -OCH3 is 1. The zero-order valence-electron chi connectivity index (χ0n) is 33.1. The van der Waals surface area contributed by atoms with E-state index in [1.54, 1.807) is 29.2 Å². The van der Waals surface area contributed by atoms with E-state index in [1.165, 1.54) is 13.5 Å². The molecule has 1 amide bonds. The van der Waals surface area contributed by atoms with Crippen molar-refractivity contribution in [3.8, 4) is 0 Å². The molecule has 0 N–H and O–H groups in total. The molecule has 56 heavy (non-hydrogen) atoms. The van der Waals surface area contributed by atoms with Crippen molar-refractivity contribution < 1.29 is 27.1 Å². The summed E-state index contributed by atoms with van der Waals surface area (Å²) < 4.78 is 47.0. The maximum atomic E-state index is 15.0. The summed E-state index contributed by atoms with van der Waals surface area (Å²) in [4.78, 5) is 37.0. The van der Waals surface area contributed by atoms with Crippen LogP contribution in [0, 0.1) is 29.5 Å². The summed E-state index contributed by atoms with van der Waals surface area (Å²) in [7, 11) is -2.05. The lowest BCUT2D eigenvalue weighted by Crippen LogP contribution is -2.58. The van der Waals surface area contributed by atoms with Crippen molar-refractivity contribution in [2.75, 3.05) is 97.1 Å². The van der Waals surface area contributed by atoms with Crippen molar-refractivity contribution in [2.45, 2.75) is 66.9 Å². The quantitative estimate of drug-likeness (QED) is 0.186. The normalized spacial score (nSPS) is 25.5. The van der Waals surface area contributed by atoms with Crippen molar-refractivity contribution in [2.24, 2.45) is 23.7 Å². The van der Waals surface area contributed by atoms with Crippen LogP contribution in [0.5, 0.6) is 0 Å². The lowest BCUT2D eigenvalue weighted by Gasteiger charge is -2.54. The zero-order chi connectivity index (χ0) is 39.0. The van der Waals surface area contributed by atoms with Crippen molar-refractivity contribution >= 4 is 27.4 Å². The number of nitrogens with zero attached hydrogens (tertiary/aromatic N) is 5. The van der Waals surface area contributed by atoms with Crippen LogP contribution in [0.1, 0.15) is 56.9 Å². The number of anilines is 1.